The molecule has 0 radical (unpaired) electrons. The van der Waals surface area contributed by atoms with Crippen molar-refractivity contribution in [3.8, 4) is 11.8 Å². The van der Waals surface area contributed by atoms with Gasteiger partial charge in [0.2, 0.25) is 0 Å². The molecule has 3 heteroatoms. The van der Waals surface area contributed by atoms with Crippen molar-refractivity contribution >= 4 is 17.7 Å². The lowest BCUT2D eigenvalue weighted by atomic mass is 10.2. The standard InChI is InChI=1S/C10H8ClNO/c1-13-10-4-2-8(3-5-10)6-9(11)7-12/h2-6H,1H3/b9-6-. The summed E-state index contributed by atoms with van der Waals surface area (Å²) < 4.78 is 4.98. The Morgan fingerprint density at radius 2 is 2.08 bits per heavy atom. The third-order valence-electron chi connectivity index (χ3n) is 1.52. The van der Waals surface area contributed by atoms with Crippen LogP contribution >= 0.6 is 11.6 Å². The quantitative estimate of drug-likeness (QED) is 0.677. The van der Waals surface area contributed by atoms with E-state index in [1.807, 2.05) is 30.3 Å². The van der Waals surface area contributed by atoms with E-state index < -0.39 is 0 Å². The number of nitriles is 1. The number of hydrogen-bond acceptors (Lipinski definition) is 2. The van der Waals surface area contributed by atoms with Crippen LogP contribution in [0.1, 0.15) is 5.56 Å². The first-order chi connectivity index (χ1) is 6.26. The van der Waals surface area contributed by atoms with Gasteiger partial charge in [-0.2, -0.15) is 5.26 Å². The molecule has 0 atom stereocenters. The lowest BCUT2D eigenvalue weighted by Gasteiger charge is -1.98. The summed E-state index contributed by atoms with van der Waals surface area (Å²) in [6, 6.07) is 9.13. The van der Waals surface area contributed by atoms with Crippen LogP contribution in [0.5, 0.6) is 5.75 Å². The zero-order chi connectivity index (χ0) is 9.68. The second-order valence-corrected chi connectivity index (χ2v) is 2.78. The lowest BCUT2D eigenvalue weighted by molar-refractivity contribution is 0.415. The van der Waals surface area contributed by atoms with Gasteiger partial charge in [0, 0.05) is 0 Å². The number of ether oxygens (including phenoxy) is 1. The van der Waals surface area contributed by atoms with Gasteiger partial charge in [-0.25, -0.2) is 0 Å². The van der Waals surface area contributed by atoms with Crippen LogP contribution in [-0.2, 0) is 0 Å². The number of nitrogens with zero attached hydrogens (tertiary/aromatic N) is 1. The predicted molar refractivity (Wildman–Crippen MR) is 52.4 cm³/mol. The zero-order valence-electron chi connectivity index (χ0n) is 7.12. The van der Waals surface area contributed by atoms with Crippen molar-refractivity contribution in [2.24, 2.45) is 0 Å². The third kappa shape index (κ3) is 2.81. The van der Waals surface area contributed by atoms with Crippen molar-refractivity contribution in [3.05, 3.63) is 34.9 Å². The minimum atomic E-state index is 0.171. The molecule has 66 valence electrons. The summed E-state index contributed by atoms with van der Waals surface area (Å²) in [6.45, 7) is 0. The molecule has 0 amide bonds. The number of hydrogen-bond donors (Lipinski definition) is 0. The molecular formula is C10H8ClNO. The van der Waals surface area contributed by atoms with Crippen molar-refractivity contribution in [3.63, 3.8) is 0 Å². The molecule has 0 fully saturated rings. The molecule has 0 spiro atoms. The van der Waals surface area contributed by atoms with Gasteiger partial charge in [0.15, 0.2) is 0 Å². The summed E-state index contributed by atoms with van der Waals surface area (Å²) in [4.78, 5) is 0. The molecule has 1 rings (SSSR count). The average Bonchev–Trinajstić information content (AvgIpc) is 2.19. The van der Waals surface area contributed by atoms with Gasteiger partial charge in [-0.1, -0.05) is 23.7 Å². The lowest BCUT2D eigenvalue weighted by Crippen LogP contribution is -1.81. The van der Waals surface area contributed by atoms with E-state index in [0.29, 0.717) is 0 Å². The van der Waals surface area contributed by atoms with Crippen LogP contribution in [0.15, 0.2) is 29.3 Å². The fourth-order valence-corrected chi connectivity index (χ4v) is 1.00. The van der Waals surface area contributed by atoms with E-state index >= 15 is 0 Å². The molecule has 0 saturated heterocycles. The van der Waals surface area contributed by atoms with Crippen LogP contribution in [0.4, 0.5) is 0 Å². The van der Waals surface area contributed by atoms with Crippen LogP contribution in [-0.4, -0.2) is 7.11 Å². The Morgan fingerprint density at radius 3 is 2.54 bits per heavy atom. The van der Waals surface area contributed by atoms with Crippen molar-refractivity contribution in [2.45, 2.75) is 0 Å². The maximum atomic E-state index is 8.42. The van der Waals surface area contributed by atoms with E-state index in [1.165, 1.54) is 0 Å². The highest BCUT2D eigenvalue weighted by atomic mass is 35.5. The molecule has 13 heavy (non-hydrogen) atoms. The molecule has 0 saturated carbocycles. The highest BCUT2D eigenvalue weighted by Gasteiger charge is 1.92. The minimum Gasteiger partial charge on any atom is -0.497 e. The molecule has 1 aromatic rings. The minimum absolute atomic E-state index is 0.171. The maximum absolute atomic E-state index is 8.42. The first kappa shape index (κ1) is 9.63. The Bertz CT molecular complexity index is 348. The molecule has 0 bridgehead atoms. The van der Waals surface area contributed by atoms with Crippen molar-refractivity contribution < 1.29 is 4.74 Å². The maximum Gasteiger partial charge on any atom is 0.118 e. The predicted octanol–water partition coefficient (Wildman–Crippen LogP) is 2.80. The molecule has 0 aliphatic heterocycles. The van der Waals surface area contributed by atoms with Crippen LogP contribution in [0, 0.1) is 11.3 Å². The summed E-state index contributed by atoms with van der Waals surface area (Å²) in [6.07, 6.45) is 1.60. The van der Waals surface area contributed by atoms with Gasteiger partial charge < -0.3 is 4.74 Å². The number of allylic oxidation sites excluding steroid dienone is 1. The summed E-state index contributed by atoms with van der Waals surface area (Å²) in [5, 5.41) is 8.59. The van der Waals surface area contributed by atoms with Crippen LogP contribution in [0.2, 0.25) is 0 Å². The highest BCUT2D eigenvalue weighted by Crippen LogP contribution is 2.14. The summed E-state index contributed by atoms with van der Waals surface area (Å²) >= 11 is 5.54. The smallest absolute Gasteiger partial charge is 0.118 e. The van der Waals surface area contributed by atoms with Gasteiger partial charge in [0.05, 0.1) is 7.11 Å². The Kier molecular flexibility index (Phi) is 3.36. The molecule has 0 aromatic heterocycles. The third-order valence-corrected chi connectivity index (χ3v) is 1.71. The van der Waals surface area contributed by atoms with E-state index in [-0.39, 0.29) is 5.03 Å². The van der Waals surface area contributed by atoms with E-state index in [9.17, 15) is 0 Å². The van der Waals surface area contributed by atoms with E-state index in [4.69, 9.17) is 21.6 Å². The average molecular weight is 194 g/mol. The Balaban J connectivity index is 2.88. The van der Waals surface area contributed by atoms with Gasteiger partial charge in [-0.05, 0) is 23.8 Å². The van der Waals surface area contributed by atoms with Crippen molar-refractivity contribution in [1.82, 2.24) is 0 Å². The Labute approximate surface area is 82.0 Å². The first-order valence-electron chi connectivity index (χ1n) is 3.67. The van der Waals surface area contributed by atoms with Gasteiger partial charge in [0.1, 0.15) is 16.9 Å². The molecule has 0 aliphatic rings. The normalized spacial score (nSPS) is 10.7. The molecule has 0 heterocycles. The van der Waals surface area contributed by atoms with Crippen LogP contribution in [0.25, 0.3) is 6.08 Å². The Hall–Kier alpha value is -1.46. The van der Waals surface area contributed by atoms with E-state index in [1.54, 1.807) is 13.2 Å². The molecule has 0 unspecified atom stereocenters. The molecule has 1 aromatic carbocycles. The number of halogens is 1. The van der Waals surface area contributed by atoms with Gasteiger partial charge >= 0.3 is 0 Å². The van der Waals surface area contributed by atoms with Crippen LogP contribution < -0.4 is 4.74 Å². The van der Waals surface area contributed by atoms with Gasteiger partial charge in [0.25, 0.3) is 0 Å². The summed E-state index contributed by atoms with van der Waals surface area (Å²) in [7, 11) is 1.60. The van der Waals surface area contributed by atoms with E-state index in [0.717, 1.165) is 11.3 Å². The number of benzene rings is 1. The van der Waals surface area contributed by atoms with E-state index in [2.05, 4.69) is 0 Å². The largest absolute Gasteiger partial charge is 0.497 e. The van der Waals surface area contributed by atoms with Gasteiger partial charge in [-0.3, -0.25) is 0 Å². The monoisotopic (exact) mass is 193 g/mol. The molecular weight excluding hydrogens is 186 g/mol. The zero-order valence-corrected chi connectivity index (χ0v) is 7.88. The number of methoxy groups -OCH3 is 1. The van der Waals surface area contributed by atoms with Crippen LogP contribution in [0.3, 0.4) is 0 Å². The highest BCUT2D eigenvalue weighted by molar-refractivity contribution is 6.33. The SMILES string of the molecule is COc1ccc(/C=C(\Cl)C#N)cc1. The second kappa shape index (κ2) is 4.54. The van der Waals surface area contributed by atoms with Crippen molar-refractivity contribution in [1.29, 1.82) is 5.26 Å². The Morgan fingerprint density at radius 1 is 1.46 bits per heavy atom. The summed E-state index contributed by atoms with van der Waals surface area (Å²) in [5.41, 5.74) is 0.882. The molecule has 0 N–H and O–H groups in total. The fraction of sp³-hybridized carbons (Fsp3) is 0.100. The van der Waals surface area contributed by atoms with Gasteiger partial charge in [-0.15, -0.1) is 0 Å². The number of rotatable bonds is 2. The molecule has 0 aliphatic carbocycles. The fourth-order valence-electron chi connectivity index (χ4n) is 0.879. The summed E-state index contributed by atoms with van der Waals surface area (Å²) in [5.74, 6) is 0.783. The first-order valence-corrected chi connectivity index (χ1v) is 4.05. The second-order valence-electron chi connectivity index (χ2n) is 2.38. The topological polar surface area (TPSA) is 33.0 Å². The molecule has 2 nitrogen and oxygen atoms in total. The van der Waals surface area contributed by atoms with Crippen molar-refractivity contribution in [2.75, 3.05) is 7.11 Å².